The Labute approximate surface area is 131 Å². The lowest BCUT2D eigenvalue weighted by Gasteiger charge is -2.32. The van der Waals surface area contributed by atoms with Gasteiger partial charge in [-0.25, -0.2) is 9.97 Å². The lowest BCUT2D eigenvalue weighted by Crippen LogP contribution is -2.38. The van der Waals surface area contributed by atoms with Gasteiger partial charge in [-0.05, 0) is 34.7 Å². The molecule has 0 radical (unpaired) electrons. The number of imidazole rings is 1. The summed E-state index contributed by atoms with van der Waals surface area (Å²) in [6.45, 7) is 4.22. The predicted molar refractivity (Wildman–Crippen MR) is 84.3 cm³/mol. The van der Waals surface area contributed by atoms with E-state index in [0.29, 0.717) is 5.92 Å². The summed E-state index contributed by atoms with van der Waals surface area (Å²) in [6.07, 6.45) is 7.74. The molecule has 2 aromatic rings. The fourth-order valence-electron chi connectivity index (χ4n) is 2.73. The molecule has 112 valence electrons. The van der Waals surface area contributed by atoms with Crippen molar-refractivity contribution in [3.05, 3.63) is 23.2 Å². The first-order chi connectivity index (χ1) is 10.1. The molecular formula is C14H18BrN5O. The number of carbonyl (C=O) groups is 1. The molecule has 0 atom stereocenters. The van der Waals surface area contributed by atoms with Crippen molar-refractivity contribution in [1.82, 2.24) is 19.7 Å². The molecule has 0 unspecified atom stereocenters. The van der Waals surface area contributed by atoms with Crippen LogP contribution < -0.4 is 10.2 Å². The second kappa shape index (κ2) is 6.01. The smallest absolute Gasteiger partial charge is 0.216 e. The number of nitrogens with one attached hydrogen (secondary N) is 1. The lowest BCUT2D eigenvalue weighted by molar-refractivity contribution is -0.119. The zero-order chi connectivity index (χ0) is 14.8. The molecular weight excluding hydrogens is 334 g/mol. The summed E-state index contributed by atoms with van der Waals surface area (Å²) in [5, 5.41) is 2.91. The van der Waals surface area contributed by atoms with E-state index in [0.717, 1.165) is 48.5 Å². The zero-order valence-electron chi connectivity index (χ0n) is 11.9. The van der Waals surface area contributed by atoms with Crippen molar-refractivity contribution in [2.75, 3.05) is 24.5 Å². The van der Waals surface area contributed by atoms with Crippen LogP contribution in [0.15, 0.2) is 23.2 Å². The Morgan fingerprint density at radius 2 is 2.24 bits per heavy atom. The highest BCUT2D eigenvalue weighted by Gasteiger charge is 2.22. The van der Waals surface area contributed by atoms with Gasteiger partial charge in [0.1, 0.15) is 4.60 Å². The fourth-order valence-corrected chi connectivity index (χ4v) is 3.12. The second-order valence-corrected chi connectivity index (χ2v) is 6.23. The summed E-state index contributed by atoms with van der Waals surface area (Å²) in [6, 6.07) is 0. The number of anilines is 1. The number of aromatic nitrogens is 3. The van der Waals surface area contributed by atoms with Gasteiger partial charge in [-0.2, -0.15) is 0 Å². The van der Waals surface area contributed by atoms with Crippen LogP contribution in [0.2, 0.25) is 0 Å². The van der Waals surface area contributed by atoms with Crippen molar-refractivity contribution in [2.45, 2.75) is 19.8 Å². The van der Waals surface area contributed by atoms with Crippen LogP contribution in [0.25, 0.3) is 5.65 Å². The van der Waals surface area contributed by atoms with Crippen LogP contribution in [0, 0.1) is 5.92 Å². The van der Waals surface area contributed by atoms with Gasteiger partial charge in [-0.3, -0.25) is 4.79 Å². The first-order valence-corrected chi connectivity index (χ1v) is 7.91. The van der Waals surface area contributed by atoms with E-state index in [1.54, 1.807) is 13.1 Å². The lowest BCUT2D eigenvalue weighted by atomic mass is 9.97. The summed E-state index contributed by atoms with van der Waals surface area (Å²) in [7, 11) is 0. The molecule has 7 heteroatoms. The minimum atomic E-state index is 0.0465. The molecule has 1 aliphatic rings. The maximum Gasteiger partial charge on any atom is 0.216 e. The SMILES string of the molecule is CC(=O)NCC1CCN(c2nc(Br)cn3ccnc23)CC1. The number of fused-ring (bicyclic) bond motifs is 1. The first kappa shape index (κ1) is 14.3. The molecule has 1 N–H and O–H groups in total. The monoisotopic (exact) mass is 351 g/mol. The average Bonchev–Trinajstić information content (AvgIpc) is 2.93. The molecule has 0 aliphatic carbocycles. The molecule has 1 fully saturated rings. The molecule has 0 bridgehead atoms. The highest BCUT2D eigenvalue weighted by molar-refractivity contribution is 9.10. The van der Waals surface area contributed by atoms with Gasteiger partial charge in [-0.15, -0.1) is 0 Å². The molecule has 0 aromatic carbocycles. The van der Waals surface area contributed by atoms with E-state index in [1.807, 2.05) is 16.8 Å². The Morgan fingerprint density at radius 3 is 2.95 bits per heavy atom. The molecule has 1 aliphatic heterocycles. The Morgan fingerprint density at radius 1 is 1.48 bits per heavy atom. The van der Waals surface area contributed by atoms with E-state index in [4.69, 9.17) is 0 Å². The maximum absolute atomic E-state index is 11.0. The number of rotatable bonds is 3. The molecule has 3 heterocycles. The van der Waals surface area contributed by atoms with Crippen LogP contribution in [0.1, 0.15) is 19.8 Å². The third-order valence-electron chi connectivity index (χ3n) is 3.88. The van der Waals surface area contributed by atoms with Gasteiger partial charge in [0.15, 0.2) is 11.5 Å². The summed E-state index contributed by atoms with van der Waals surface area (Å²) in [5.74, 6) is 1.52. The van der Waals surface area contributed by atoms with Crippen molar-refractivity contribution in [3.63, 3.8) is 0 Å². The minimum absolute atomic E-state index is 0.0465. The minimum Gasteiger partial charge on any atom is -0.356 e. The molecule has 2 aromatic heterocycles. The third-order valence-corrected chi connectivity index (χ3v) is 4.26. The molecule has 21 heavy (non-hydrogen) atoms. The van der Waals surface area contributed by atoms with E-state index in [2.05, 4.69) is 36.1 Å². The van der Waals surface area contributed by atoms with E-state index >= 15 is 0 Å². The van der Waals surface area contributed by atoms with E-state index in [1.165, 1.54) is 0 Å². The zero-order valence-corrected chi connectivity index (χ0v) is 13.5. The predicted octanol–water partition coefficient (Wildman–Crippen LogP) is 1.84. The van der Waals surface area contributed by atoms with Crippen LogP contribution in [0.5, 0.6) is 0 Å². The van der Waals surface area contributed by atoms with Gasteiger partial charge in [0.05, 0.1) is 0 Å². The van der Waals surface area contributed by atoms with E-state index in [9.17, 15) is 4.79 Å². The topological polar surface area (TPSA) is 62.5 Å². The van der Waals surface area contributed by atoms with Crippen molar-refractivity contribution in [3.8, 4) is 0 Å². The number of halogens is 1. The largest absolute Gasteiger partial charge is 0.356 e. The van der Waals surface area contributed by atoms with Crippen LogP contribution in [0.4, 0.5) is 5.82 Å². The number of hydrogen-bond acceptors (Lipinski definition) is 4. The molecule has 1 amide bonds. The molecule has 0 saturated carbocycles. The van der Waals surface area contributed by atoms with Crippen LogP contribution in [-0.4, -0.2) is 39.9 Å². The van der Waals surface area contributed by atoms with Gasteiger partial charge in [-0.1, -0.05) is 0 Å². The van der Waals surface area contributed by atoms with Crippen molar-refractivity contribution in [1.29, 1.82) is 0 Å². The number of carbonyl (C=O) groups excluding carboxylic acids is 1. The number of amides is 1. The second-order valence-electron chi connectivity index (χ2n) is 5.41. The Hall–Kier alpha value is -1.63. The summed E-state index contributed by atoms with van der Waals surface area (Å²) in [5.41, 5.74) is 0.888. The summed E-state index contributed by atoms with van der Waals surface area (Å²) < 4.78 is 2.79. The van der Waals surface area contributed by atoms with Gasteiger partial charge in [0.2, 0.25) is 5.91 Å². The van der Waals surface area contributed by atoms with Gasteiger partial charge in [0, 0.05) is 45.1 Å². The third kappa shape index (κ3) is 3.18. The van der Waals surface area contributed by atoms with Gasteiger partial charge >= 0.3 is 0 Å². The normalized spacial score (nSPS) is 16.4. The highest BCUT2D eigenvalue weighted by Crippen LogP contribution is 2.26. The van der Waals surface area contributed by atoms with Crippen LogP contribution >= 0.6 is 15.9 Å². The number of piperidine rings is 1. The van der Waals surface area contributed by atoms with E-state index < -0.39 is 0 Å². The quantitative estimate of drug-likeness (QED) is 0.916. The van der Waals surface area contributed by atoms with E-state index in [-0.39, 0.29) is 5.91 Å². The van der Waals surface area contributed by atoms with Gasteiger partial charge < -0.3 is 14.6 Å². The summed E-state index contributed by atoms with van der Waals surface area (Å²) in [4.78, 5) is 22.2. The fraction of sp³-hybridized carbons (Fsp3) is 0.500. The Bertz CT molecular complexity index is 648. The van der Waals surface area contributed by atoms with Crippen LogP contribution in [0.3, 0.4) is 0 Å². The maximum atomic E-state index is 11.0. The molecule has 6 nitrogen and oxygen atoms in total. The number of hydrogen-bond donors (Lipinski definition) is 1. The van der Waals surface area contributed by atoms with Crippen molar-refractivity contribution < 1.29 is 4.79 Å². The van der Waals surface area contributed by atoms with Crippen molar-refractivity contribution in [2.24, 2.45) is 5.92 Å². The molecule has 1 saturated heterocycles. The van der Waals surface area contributed by atoms with Crippen LogP contribution in [-0.2, 0) is 4.79 Å². The Kier molecular flexibility index (Phi) is 4.10. The van der Waals surface area contributed by atoms with Gasteiger partial charge in [0.25, 0.3) is 0 Å². The Balaban J connectivity index is 1.71. The highest BCUT2D eigenvalue weighted by atomic mass is 79.9. The summed E-state index contributed by atoms with van der Waals surface area (Å²) >= 11 is 3.45. The average molecular weight is 352 g/mol. The number of nitrogens with zero attached hydrogens (tertiary/aromatic N) is 4. The molecule has 0 spiro atoms. The molecule has 3 rings (SSSR count). The van der Waals surface area contributed by atoms with Crippen molar-refractivity contribution >= 4 is 33.3 Å². The first-order valence-electron chi connectivity index (χ1n) is 7.12. The standard InChI is InChI=1S/C14H18BrN5O/c1-10(21)17-8-11-2-5-19(6-3-11)14-13-16-4-7-20(13)9-12(15)18-14/h4,7,9,11H,2-3,5-6,8H2,1H3,(H,17,21).